The van der Waals surface area contributed by atoms with Gasteiger partial charge in [-0.3, -0.25) is 0 Å². The molecular weight excluding hydrogens is 360 g/mol. The van der Waals surface area contributed by atoms with E-state index < -0.39 is 5.82 Å². The third kappa shape index (κ3) is 4.25. The summed E-state index contributed by atoms with van der Waals surface area (Å²) in [7, 11) is 0. The summed E-state index contributed by atoms with van der Waals surface area (Å²) >= 11 is 9.05. The molecule has 1 atom stereocenters. The van der Waals surface area contributed by atoms with Crippen LogP contribution in [-0.2, 0) is 6.42 Å². The maximum Gasteiger partial charge on any atom is 0.142 e. The van der Waals surface area contributed by atoms with Gasteiger partial charge in [0.05, 0.1) is 5.02 Å². The average Bonchev–Trinajstić information content (AvgIpc) is 2.45. The molecule has 0 heterocycles. The Kier molecular flexibility index (Phi) is 5.73. The van der Waals surface area contributed by atoms with Gasteiger partial charge in [0.1, 0.15) is 11.6 Å². The van der Waals surface area contributed by atoms with Crippen LogP contribution in [0.3, 0.4) is 0 Å². The van der Waals surface area contributed by atoms with Crippen LogP contribution >= 0.6 is 27.5 Å². The normalized spacial score (nSPS) is 12.4. The Bertz CT molecular complexity index is 634. The van der Waals surface area contributed by atoms with E-state index >= 15 is 0 Å². The van der Waals surface area contributed by atoms with E-state index in [0.29, 0.717) is 18.5 Å². The van der Waals surface area contributed by atoms with Crippen LogP contribution in [0.5, 0.6) is 0 Å². The lowest BCUT2D eigenvalue weighted by Gasteiger charge is -2.19. The molecule has 1 unspecified atom stereocenters. The Morgan fingerprint density at radius 3 is 2.57 bits per heavy atom. The molecule has 0 aliphatic heterocycles. The van der Waals surface area contributed by atoms with Crippen molar-refractivity contribution in [2.75, 3.05) is 6.54 Å². The zero-order valence-electron chi connectivity index (χ0n) is 11.5. The molecule has 0 aliphatic rings. The SMILES string of the molecule is CCNC(Cc1cc(Br)ccc1F)c1ccc(Cl)c(F)c1. The van der Waals surface area contributed by atoms with Gasteiger partial charge in [0, 0.05) is 10.5 Å². The minimum Gasteiger partial charge on any atom is -0.310 e. The summed E-state index contributed by atoms with van der Waals surface area (Å²) in [5, 5.41) is 3.33. The Hall–Kier alpha value is -0.970. The van der Waals surface area contributed by atoms with Gasteiger partial charge in [-0.2, -0.15) is 0 Å². The van der Waals surface area contributed by atoms with Gasteiger partial charge in [0.25, 0.3) is 0 Å². The fraction of sp³-hybridized carbons (Fsp3) is 0.250. The summed E-state index contributed by atoms with van der Waals surface area (Å²) in [5.74, 6) is -0.734. The van der Waals surface area contributed by atoms with Crippen molar-refractivity contribution < 1.29 is 8.78 Å². The van der Waals surface area contributed by atoms with Gasteiger partial charge < -0.3 is 5.32 Å². The van der Waals surface area contributed by atoms with Crippen LogP contribution in [0.2, 0.25) is 5.02 Å². The first-order valence-corrected chi connectivity index (χ1v) is 7.80. The van der Waals surface area contributed by atoms with E-state index in [2.05, 4.69) is 21.2 Å². The number of halogens is 4. The van der Waals surface area contributed by atoms with Crippen LogP contribution in [0, 0.1) is 11.6 Å². The van der Waals surface area contributed by atoms with E-state index in [4.69, 9.17) is 11.6 Å². The highest BCUT2D eigenvalue weighted by Crippen LogP contribution is 2.25. The van der Waals surface area contributed by atoms with Crippen molar-refractivity contribution in [2.45, 2.75) is 19.4 Å². The van der Waals surface area contributed by atoms with Crippen LogP contribution in [0.1, 0.15) is 24.1 Å². The first-order valence-electron chi connectivity index (χ1n) is 6.63. The van der Waals surface area contributed by atoms with Crippen LogP contribution in [0.4, 0.5) is 8.78 Å². The van der Waals surface area contributed by atoms with Crippen molar-refractivity contribution in [3.8, 4) is 0 Å². The quantitative estimate of drug-likeness (QED) is 0.751. The standard InChI is InChI=1S/C16H15BrClF2N/c1-2-21-16(10-3-5-13(18)15(20)8-10)9-11-7-12(17)4-6-14(11)19/h3-8,16,21H,2,9H2,1H3. The number of rotatable bonds is 5. The lowest BCUT2D eigenvalue weighted by Crippen LogP contribution is -2.23. The second kappa shape index (κ2) is 7.34. The maximum atomic E-state index is 13.9. The number of likely N-dealkylation sites (N-methyl/N-ethyl adjacent to an activating group) is 1. The summed E-state index contributed by atoms with van der Waals surface area (Å²) in [5.41, 5.74) is 1.32. The summed E-state index contributed by atoms with van der Waals surface area (Å²) in [6.07, 6.45) is 0.431. The summed E-state index contributed by atoms with van der Waals surface area (Å²) < 4.78 is 28.3. The monoisotopic (exact) mass is 373 g/mol. The third-order valence-electron chi connectivity index (χ3n) is 3.23. The molecule has 0 aromatic heterocycles. The number of hydrogen-bond donors (Lipinski definition) is 1. The van der Waals surface area contributed by atoms with Gasteiger partial charge in [0.15, 0.2) is 0 Å². The van der Waals surface area contributed by atoms with Crippen LogP contribution in [0.15, 0.2) is 40.9 Å². The molecule has 5 heteroatoms. The Morgan fingerprint density at radius 1 is 1.14 bits per heavy atom. The minimum atomic E-state index is -0.466. The van der Waals surface area contributed by atoms with E-state index in [1.54, 1.807) is 18.2 Å². The van der Waals surface area contributed by atoms with E-state index in [1.807, 2.05) is 6.92 Å². The fourth-order valence-corrected chi connectivity index (χ4v) is 2.73. The van der Waals surface area contributed by atoms with Crippen molar-refractivity contribution in [3.05, 3.63) is 68.7 Å². The molecule has 2 aromatic carbocycles. The summed E-state index contributed by atoms with van der Waals surface area (Å²) in [6, 6.07) is 9.32. The molecule has 0 aliphatic carbocycles. The van der Waals surface area contributed by atoms with E-state index in [9.17, 15) is 8.78 Å². The van der Waals surface area contributed by atoms with Crippen molar-refractivity contribution in [1.29, 1.82) is 0 Å². The van der Waals surface area contributed by atoms with Crippen LogP contribution in [0.25, 0.3) is 0 Å². The summed E-state index contributed by atoms with van der Waals surface area (Å²) in [6.45, 7) is 2.65. The maximum absolute atomic E-state index is 13.9. The zero-order chi connectivity index (χ0) is 15.4. The molecule has 1 nitrogen and oxygen atoms in total. The molecule has 0 radical (unpaired) electrons. The number of hydrogen-bond acceptors (Lipinski definition) is 1. The number of nitrogens with one attached hydrogen (secondary N) is 1. The van der Waals surface area contributed by atoms with Crippen LogP contribution < -0.4 is 5.32 Å². The van der Waals surface area contributed by atoms with Crippen molar-refractivity contribution in [2.24, 2.45) is 0 Å². The largest absolute Gasteiger partial charge is 0.310 e. The smallest absolute Gasteiger partial charge is 0.142 e. The van der Waals surface area contributed by atoms with Crippen molar-refractivity contribution >= 4 is 27.5 Å². The Balaban J connectivity index is 2.30. The second-order valence-electron chi connectivity index (χ2n) is 4.72. The molecule has 2 rings (SSSR count). The molecule has 0 saturated heterocycles. The fourth-order valence-electron chi connectivity index (χ4n) is 2.20. The predicted octanol–water partition coefficient (Wildman–Crippen LogP) is 5.27. The van der Waals surface area contributed by atoms with Gasteiger partial charge in [-0.05, 0) is 54.4 Å². The first kappa shape index (κ1) is 16.4. The van der Waals surface area contributed by atoms with E-state index in [1.165, 1.54) is 18.2 Å². The first-order chi connectivity index (χ1) is 10.0. The molecule has 2 aromatic rings. The average molecular weight is 375 g/mol. The van der Waals surface area contributed by atoms with Gasteiger partial charge in [0.2, 0.25) is 0 Å². The lowest BCUT2D eigenvalue weighted by atomic mass is 9.98. The molecular formula is C16H15BrClF2N. The Morgan fingerprint density at radius 2 is 1.90 bits per heavy atom. The highest BCUT2D eigenvalue weighted by molar-refractivity contribution is 9.10. The van der Waals surface area contributed by atoms with E-state index in [0.717, 1.165) is 10.0 Å². The minimum absolute atomic E-state index is 0.0858. The van der Waals surface area contributed by atoms with Crippen LogP contribution in [-0.4, -0.2) is 6.54 Å². The molecule has 0 spiro atoms. The van der Waals surface area contributed by atoms with Crippen molar-refractivity contribution in [3.63, 3.8) is 0 Å². The molecule has 1 N–H and O–H groups in total. The van der Waals surface area contributed by atoms with Crippen molar-refractivity contribution in [1.82, 2.24) is 5.32 Å². The third-order valence-corrected chi connectivity index (χ3v) is 4.03. The molecule has 0 amide bonds. The van der Waals surface area contributed by atoms with E-state index in [-0.39, 0.29) is 16.9 Å². The Labute approximate surface area is 136 Å². The molecule has 0 bridgehead atoms. The summed E-state index contributed by atoms with van der Waals surface area (Å²) in [4.78, 5) is 0. The van der Waals surface area contributed by atoms with Gasteiger partial charge in [-0.15, -0.1) is 0 Å². The van der Waals surface area contributed by atoms with Gasteiger partial charge in [-0.25, -0.2) is 8.78 Å². The molecule has 0 saturated carbocycles. The highest BCUT2D eigenvalue weighted by Gasteiger charge is 2.15. The highest BCUT2D eigenvalue weighted by atomic mass is 79.9. The zero-order valence-corrected chi connectivity index (χ0v) is 13.8. The molecule has 112 valence electrons. The predicted molar refractivity (Wildman–Crippen MR) is 85.6 cm³/mol. The topological polar surface area (TPSA) is 12.0 Å². The van der Waals surface area contributed by atoms with Gasteiger partial charge >= 0.3 is 0 Å². The molecule has 21 heavy (non-hydrogen) atoms. The number of benzene rings is 2. The second-order valence-corrected chi connectivity index (χ2v) is 6.05. The lowest BCUT2D eigenvalue weighted by molar-refractivity contribution is 0.523. The molecule has 0 fully saturated rings. The van der Waals surface area contributed by atoms with Gasteiger partial charge in [-0.1, -0.05) is 40.5 Å².